The van der Waals surface area contributed by atoms with Crippen LogP contribution in [-0.2, 0) is 5.54 Å². The topological polar surface area (TPSA) is 44.5 Å². The average Bonchev–Trinajstić information content (AvgIpc) is 2.46. The SMILES string of the molecule is COc1cc(OC)cc(C(C)(N)c2cccc(F)c2)c1. The van der Waals surface area contributed by atoms with Crippen molar-refractivity contribution >= 4 is 0 Å². The zero-order valence-electron chi connectivity index (χ0n) is 11.8. The van der Waals surface area contributed by atoms with Crippen LogP contribution in [0.4, 0.5) is 4.39 Å². The highest BCUT2D eigenvalue weighted by Crippen LogP contribution is 2.32. The van der Waals surface area contributed by atoms with Crippen LogP contribution in [0.15, 0.2) is 42.5 Å². The Kier molecular flexibility index (Phi) is 3.95. The second-order valence-electron chi connectivity index (χ2n) is 4.81. The first-order valence-corrected chi connectivity index (χ1v) is 6.26. The summed E-state index contributed by atoms with van der Waals surface area (Å²) in [5.74, 6) is 0.980. The van der Waals surface area contributed by atoms with E-state index < -0.39 is 5.54 Å². The van der Waals surface area contributed by atoms with Crippen molar-refractivity contribution in [2.45, 2.75) is 12.5 Å². The number of hydrogen-bond donors (Lipinski definition) is 1. The van der Waals surface area contributed by atoms with Crippen LogP contribution in [0, 0.1) is 5.82 Å². The first kappa shape index (κ1) is 14.3. The van der Waals surface area contributed by atoms with E-state index in [9.17, 15) is 4.39 Å². The zero-order valence-corrected chi connectivity index (χ0v) is 11.8. The fraction of sp³-hybridized carbons (Fsp3) is 0.250. The predicted octanol–water partition coefficient (Wildman–Crippen LogP) is 3.07. The minimum Gasteiger partial charge on any atom is -0.497 e. The van der Waals surface area contributed by atoms with E-state index in [1.807, 2.05) is 19.1 Å². The van der Waals surface area contributed by atoms with Gasteiger partial charge in [-0.1, -0.05) is 12.1 Å². The maximum atomic E-state index is 13.4. The van der Waals surface area contributed by atoms with E-state index in [-0.39, 0.29) is 5.82 Å². The summed E-state index contributed by atoms with van der Waals surface area (Å²) in [6, 6.07) is 11.7. The number of ether oxygens (including phenoxy) is 2. The Morgan fingerprint density at radius 3 is 2.05 bits per heavy atom. The molecule has 0 aliphatic rings. The van der Waals surface area contributed by atoms with Gasteiger partial charge < -0.3 is 15.2 Å². The Bertz CT molecular complexity index is 589. The maximum Gasteiger partial charge on any atom is 0.123 e. The molecule has 20 heavy (non-hydrogen) atoms. The van der Waals surface area contributed by atoms with E-state index in [0.717, 1.165) is 5.56 Å². The van der Waals surface area contributed by atoms with Gasteiger partial charge in [0.15, 0.2) is 0 Å². The van der Waals surface area contributed by atoms with Crippen molar-refractivity contribution in [2.24, 2.45) is 5.73 Å². The summed E-state index contributed by atoms with van der Waals surface area (Å²) in [5, 5.41) is 0. The van der Waals surface area contributed by atoms with Gasteiger partial charge in [0.1, 0.15) is 17.3 Å². The molecule has 106 valence electrons. The van der Waals surface area contributed by atoms with Crippen molar-refractivity contribution in [2.75, 3.05) is 14.2 Å². The normalized spacial score (nSPS) is 13.7. The second-order valence-corrected chi connectivity index (χ2v) is 4.81. The number of halogens is 1. The lowest BCUT2D eigenvalue weighted by molar-refractivity contribution is 0.391. The zero-order chi connectivity index (χ0) is 14.8. The third-order valence-electron chi connectivity index (χ3n) is 3.38. The lowest BCUT2D eigenvalue weighted by atomic mass is 9.85. The van der Waals surface area contributed by atoms with Crippen molar-refractivity contribution in [1.82, 2.24) is 0 Å². The van der Waals surface area contributed by atoms with Gasteiger partial charge in [-0.05, 0) is 42.3 Å². The van der Waals surface area contributed by atoms with Gasteiger partial charge in [-0.3, -0.25) is 0 Å². The van der Waals surface area contributed by atoms with Crippen molar-refractivity contribution < 1.29 is 13.9 Å². The second kappa shape index (κ2) is 5.51. The van der Waals surface area contributed by atoms with Gasteiger partial charge in [0.25, 0.3) is 0 Å². The van der Waals surface area contributed by atoms with Gasteiger partial charge in [-0.15, -0.1) is 0 Å². The molecule has 0 aliphatic heterocycles. The van der Waals surface area contributed by atoms with Crippen molar-refractivity contribution in [3.05, 3.63) is 59.4 Å². The van der Waals surface area contributed by atoms with Gasteiger partial charge in [0.2, 0.25) is 0 Å². The first-order chi connectivity index (χ1) is 9.47. The predicted molar refractivity (Wildman–Crippen MR) is 76.6 cm³/mol. The smallest absolute Gasteiger partial charge is 0.123 e. The molecule has 0 aliphatic carbocycles. The van der Waals surface area contributed by atoms with Gasteiger partial charge >= 0.3 is 0 Å². The molecule has 0 heterocycles. The molecule has 0 aromatic heterocycles. The lowest BCUT2D eigenvalue weighted by Crippen LogP contribution is -2.34. The molecule has 3 nitrogen and oxygen atoms in total. The van der Waals surface area contributed by atoms with Gasteiger partial charge in [0, 0.05) is 6.07 Å². The van der Waals surface area contributed by atoms with Crippen LogP contribution in [0.5, 0.6) is 11.5 Å². The molecule has 2 N–H and O–H groups in total. The molecule has 1 atom stereocenters. The molecule has 0 fully saturated rings. The van der Waals surface area contributed by atoms with Crippen LogP contribution in [0.3, 0.4) is 0 Å². The molecule has 0 bridgehead atoms. The van der Waals surface area contributed by atoms with Gasteiger partial charge in [-0.25, -0.2) is 4.39 Å². The summed E-state index contributed by atoms with van der Waals surface area (Å²) in [6.45, 7) is 1.83. The Balaban J connectivity index is 2.53. The summed E-state index contributed by atoms with van der Waals surface area (Å²) in [5.41, 5.74) is 7.03. The monoisotopic (exact) mass is 275 g/mol. The number of methoxy groups -OCH3 is 2. The van der Waals surface area contributed by atoms with E-state index >= 15 is 0 Å². The average molecular weight is 275 g/mol. The van der Waals surface area contributed by atoms with E-state index in [4.69, 9.17) is 15.2 Å². The molecule has 0 spiro atoms. The van der Waals surface area contributed by atoms with E-state index in [1.165, 1.54) is 12.1 Å². The van der Waals surface area contributed by atoms with E-state index in [1.54, 1.807) is 32.4 Å². The molecule has 2 aromatic carbocycles. The Morgan fingerprint density at radius 1 is 0.950 bits per heavy atom. The number of rotatable bonds is 4. The van der Waals surface area contributed by atoms with Crippen LogP contribution in [-0.4, -0.2) is 14.2 Å². The number of benzene rings is 2. The lowest BCUT2D eigenvalue weighted by Gasteiger charge is -2.27. The fourth-order valence-corrected chi connectivity index (χ4v) is 2.09. The molecular weight excluding hydrogens is 257 g/mol. The first-order valence-electron chi connectivity index (χ1n) is 6.26. The quantitative estimate of drug-likeness (QED) is 0.932. The number of hydrogen-bond acceptors (Lipinski definition) is 3. The highest BCUT2D eigenvalue weighted by atomic mass is 19.1. The summed E-state index contributed by atoms with van der Waals surface area (Å²) in [7, 11) is 3.16. The summed E-state index contributed by atoms with van der Waals surface area (Å²) < 4.78 is 23.9. The van der Waals surface area contributed by atoms with Gasteiger partial charge in [0.05, 0.1) is 19.8 Å². The van der Waals surface area contributed by atoms with Crippen LogP contribution in [0.25, 0.3) is 0 Å². The van der Waals surface area contributed by atoms with Crippen LogP contribution >= 0.6 is 0 Å². The highest BCUT2D eigenvalue weighted by molar-refractivity contribution is 5.45. The minimum absolute atomic E-state index is 0.311. The molecule has 1 unspecified atom stereocenters. The summed E-state index contributed by atoms with van der Waals surface area (Å²) in [6.07, 6.45) is 0. The van der Waals surface area contributed by atoms with Crippen LogP contribution < -0.4 is 15.2 Å². The van der Waals surface area contributed by atoms with E-state index in [0.29, 0.717) is 17.1 Å². The van der Waals surface area contributed by atoms with Crippen molar-refractivity contribution in [3.8, 4) is 11.5 Å². The third-order valence-corrected chi connectivity index (χ3v) is 3.38. The largest absolute Gasteiger partial charge is 0.497 e. The number of nitrogens with two attached hydrogens (primary N) is 1. The molecule has 0 saturated carbocycles. The molecular formula is C16H18FNO2. The van der Waals surface area contributed by atoms with Crippen LogP contribution in [0.2, 0.25) is 0 Å². The molecule has 0 saturated heterocycles. The molecule has 2 aromatic rings. The van der Waals surface area contributed by atoms with Crippen LogP contribution in [0.1, 0.15) is 18.1 Å². The summed E-state index contributed by atoms with van der Waals surface area (Å²) >= 11 is 0. The molecule has 2 rings (SSSR count). The molecule has 0 amide bonds. The Labute approximate surface area is 118 Å². The van der Waals surface area contributed by atoms with E-state index in [2.05, 4.69) is 0 Å². The van der Waals surface area contributed by atoms with Crippen molar-refractivity contribution in [3.63, 3.8) is 0 Å². The fourth-order valence-electron chi connectivity index (χ4n) is 2.09. The molecule has 4 heteroatoms. The standard InChI is InChI=1S/C16H18FNO2/c1-16(18,11-5-4-6-13(17)7-11)12-8-14(19-2)10-15(9-12)20-3/h4-10H,18H2,1-3H3. The Morgan fingerprint density at radius 2 is 1.55 bits per heavy atom. The third kappa shape index (κ3) is 2.75. The Hall–Kier alpha value is -2.07. The van der Waals surface area contributed by atoms with Crippen molar-refractivity contribution in [1.29, 1.82) is 0 Å². The summed E-state index contributed by atoms with van der Waals surface area (Å²) in [4.78, 5) is 0. The van der Waals surface area contributed by atoms with Gasteiger partial charge in [-0.2, -0.15) is 0 Å². The minimum atomic E-state index is -0.843. The molecule has 0 radical (unpaired) electrons. The highest BCUT2D eigenvalue weighted by Gasteiger charge is 2.25. The maximum absolute atomic E-state index is 13.4.